The number of hydrogen-bond donors (Lipinski definition) is 0. The molecule has 0 aromatic carbocycles. The number of nitro groups is 1. The molecule has 82 valence electrons. The van der Waals surface area contributed by atoms with Crippen molar-refractivity contribution in [2.75, 3.05) is 6.54 Å². The molecule has 0 saturated carbocycles. The van der Waals surface area contributed by atoms with E-state index in [1.54, 1.807) is 0 Å². The van der Waals surface area contributed by atoms with Gasteiger partial charge in [-0.25, -0.2) is 0 Å². The first-order chi connectivity index (χ1) is 6.40. The molecule has 2 atom stereocenters. The zero-order chi connectivity index (χ0) is 11.3. The van der Waals surface area contributed by atoms with Crippen molar-refractivity contribution in [3.05, 3.63) is 10.1 Å². The summed E-state index contributed by atoms with van der Waals surface area (Å²) < 4.78 is 0. The van der Waals surface area contributed by atoms with Crippen molar-refractivity contribution in [1.82, 2.24) is 0 Å². The van der Waals surface area contributed by atoms with E-state index < -0.39 is 0 Å². The van der Waals surface area contributed by atoms with Gasteiger partial charge in [-0.3, -0.25) is 10.1 Å². The molecule has 0 aromatic heterocycles. The van der Waals surface area contributed by atoms with Crippen LogP contribution in [0.15, 0.2) is 0 Å². The maximum atomic E-state index is 10.9. The molecular weight excluding hydrogens is 182 g/mol. The van der Waals surface area contributed by atoms with E-state index in [0.29, 0.717) is 0 Å². The van der Waals surface area contributed by atoms with E-state index in [2.05, 4.69) is 0 Å². The van der Waals surface area contributed by atoms with E-state index in [1.165, 1.54) is 0 Å². The van der Waals surface area contributed by atoms with E-state index in [4.69, 9.17) is 0 Å². The Morgan fingerprint density at radius 2 is 1.71 bits per heavy atom. The summed E-state index contributed by atoms with van der Waals surface area (Å²) in [4.78, 5) is 21.0. The standard InChI is InChI=1S/C10H19NO3/c1-7(2)9(5-11(13)14)10(6-12)8(3)4/h6-10H,5H2,1-4H3/t9-,10+/m0/s1. The van der Waals surface area contributed by atoms with Crippen molar-refractivity contribution >= 4 is 6.29 Å². The van der Waals surface area contributed by atoms with Gasteiger partial charge in [-0.15, -0.1) is 0 Å². The second-order valence-corrected chi connectivity index (χ2v) is 4.38. The van der Waals surface area contributed by atoms with Crippen LogP contribution < -0.4 is 0 Å². The molecule has 0 amide bonds. The maximum absolute atomic E-state index is 10.9. The zero-order valence-electron chi connectivity index (χ0n) is 9.27. The van der Waals surface area contributed by atoms with E-state index in [-0.39, 0.29) is 35.1 Å². The van der Waals surface area contributed by atoms with Crippen molar-refractivity contribution in [1.29, 1.82) is 0 Å². The summed E-state index contributed by atoms with van der Waals surface area (Å²) in [6.45, 7) is 7.59. The second-order valence-electron chi connectivity index (χ2n) is 4.38. The number of carbonyl (C=O) groups excluding carboxylic acids is 1. The van der Waals surface area contributed by atoms with Gasteiger partial charge in [0.25, 0.3) is 0 Å². The predicted octanol–water partition coefficient (Wildman–Crippen LogP) is 2.01. The third-order valence-corrected chi connectivity index (χ3v) is 2.64. The SMILES string of the molecule is CC(C)[C@@H](C=O)[C@@H](C[N+](=O)[O-])C(C)C. The minimum absolute atomic E-state index is 0.112. The maximum Gasteiger partial charge on any atom is 0.207 e. The minimum Gasteiger partial charge on any atom is -0.303 e. The number of carbonyl (C=O) groups is 1. The van der Waals surface area contributed by atoms with E-state index in [9.17, 15) is 14.9 Å². The van der Waals surface area contributed by atoms with Crippen LogP contribution >= 0.6 is 0 Å². The summed E-state index contributed by atoms with van der Waals surface area (Å²) >= 11 is 0. The lowest BCUT2D eigenvalue weighted by atomic mass is 9.78. The van der Waals surface area contributed by atoms with Gasteiger partial charge in [0.1, 0.15) is 6.29 Å². The van der Waals surface area contributed by atoms with Crippen LogP contribution in [0.3, 0.4) is 0 Å². The Morgan fingerprint density at radius 3 is 1.93 bits per heavy atom. The van der Waals surface area contributed by atoms with Crippen LogP contribution in [0.25, 0.3) is 0 Å². The highest BCUT2D eigenvalue weighted by Gasteiger charge is 2.30. The Balaban J connectivity index is 4.60. The van der Waals surface area contributed by atoms with Gasteiger partial charge < -0.3 is 4.79 Å². The van der Waals surface area contributed by atoms with Gasteiger partial charge in [-0.2, -0.15) is 0 Å². The van der Waals surface area contributed by atoms with Gasteiger partial charge in [-0.05, 0) is 11.8 Å². The average Bonchev–Trinajstić information content (AvgIpc) is 2.02. The summed E-state index contributed by atoms with van der Waals surface area (Å²) in [6, 6.07) is 0. The second kappa shape index (κ2) is 5.73. The molecule has 14 heavy (non-hydrogen) atoms. The molecule has 0 aromatic rings. The molecule has 0 fully saturated rings. The zero-order valence-corrected chi connectivity index (χ0v) is 9.27. The molecule has 0 aliphatic carbocycles. The Labute approximate surface area is 84.8 Å². The summed E-state index contributed by atoms with van der Waals surface area (Å²) in [6.07, 6.45) is 0.860. The lowest BCUT2D eigenvalue weighted by Crippen LogP contribution is -2.31. The summed E-state index contributed by atoms with van der Waals surface area (Å²) in [5, 5.41) is 10.4. The first-order valence-corrected chi connectivity index (χ1v) is 4.97. The van der Waals surface area contributed by atoms with Gasteiger partial charge in [0.15, 0.2) is 0 Å². The minimum atomic E-state index is -0.330. The van der Waals surface area contributed by atoms with E-state index >= 15 is 0 Å². The Hall–Kier alpha value is -0.930. The fourth-order valence-electron chi connectivity index (χ4n) is 1.70. The van der Waals surface area contributed by atoms with Gasteiger partial charge >= 0.3 is 0 Å². The first-order valence-electron chi connectivity index (χ1n) is 4.97. The van der Waals surface area contributed by atoms with Crippen molar-refractivity contribution in [3.63, 3.8) is 0 Å². The Morgan fingerprint density at radius 1 is 1.21 bits per heavy atom. The number of rotatable bonds is 6. The topological polar surface area (TPSA) is 60.2 Å². The largest absolute Gasteiger partial charge is 0.303 e. The molecule has 0 spiro atoms. The summed E-state index contributed by atoms with van der Waals surface area (Å²) in [7, 11) is 0. The molecule has 4 heteroatoms. The number of nitrogens with zero attached hydrogens (tertiary/aromatic N) is 1. The molecule has 0 heterocycles. The van der Waals surface area contributed by atoms with Crippen LogP contribution in [0.4, 0.5) is 0 Å². The Bertz CT molecular complexity index is 202. The van der Waals surface area contributed by atoms with Crippen LogP contribution in [0, 0.1) is 33.8 Å². The van der Waals surface area contributed by atoms with Crippen LogP contribution in [-0.2, 0) is 4.79 Å². The quantitative estimate of drug-likeness (QED) is 0.375. The molecule has 0 radical (unpaired) electrons. The molecule has 0 aliphatic heterocycles. The van der Waals surface area contributed by atoms with Gasteiger partial charge in [0, 0.05) is 16.8 Å². The normalized spacial score (nSPS) is 15.6. The van der Waals surface area contributed by atoms with Crippen LogP contribution in [0.2, 0.25) is 0 Å². The molecular formula is C10H19NO3. The third kappa shape index (κ3) is 3.85. The van der Waals surface area contributed by atoms with Crippen molar-refractivity contribution < 1.29 is 9.72 Å². The highest BCUT2D eigenvalue weighted by atomic mass is 16.6. The van der Waals surface area contributed by atoms with Crippen LogP contribution in [-0.4, -0.2) is 17.8 Å². The fraction of sp³-hybridized carbons (Fsp3) is 0.900. The van der Waals surface area contributed by atoms with E-state index in [0.717, 1.165) is 6.29 Å². The molecule has 0 unspecified atom stereocenters. The van der Waals surface area contributed by atoms with Gasteiger partial charge in [0.2, 0.25) is 6.54 Å². The highest BCUT2D eigenvalue weighted by Crippen LogP contribution is 2.25. The summed E-state index contributed by atoms with van der Waals surface area (Å²) in [5.41, 5.74) is 0. The number of aldehydes is 1. The molecule has 0 rings (SSSR count). The van der Waals surface area contributed by atoms with Crippen LogP contribution in [0.5, 0.6) is 0 Å². The van der Waals surface area contributed by atoms with Crippen molar-refractivity contribution in [2.24, 2.45) is 23.7 Å². The third-order valence-electron chi connectivity index (χ3n) is 2.64. The number of hydrogen-bond acceptors (Lipinski definition) is 3. The molecule has 4 nitrogen and oxygen atoms in total. The van der Waals surface area contributed by atoms with Crippen molar-refractivity contribution in [2.45, 2.75) is 27.7 Å². The van der Waals surface area contributed by atoms with Crippen LogP contribution in [0.1, 0.15) is 27.7 Å². The lowest BCUT2D eigenvalue weighted by molar-refractivity contribution is -0.491. The monoisotopic (exact) mass is 201 g/mol. The van der Waals surface area contributed by atoms with Gasteiger partial charge in [0.05, 0.1) is 0 Å². The fourth-order valence-corrected chi connectivity index (χ4v) is 1.70. The van der Waals surface area contributed by atoms with Crippen molar-refractivity contribution in [3.8, 4) is 0 Å². The molecule has 0 N–H and O–H groups in total. The Kier molecular flexibility index (Phi) is 5.35. The molecule has 0 saturated heterocycles. The van der Waals surface area contributed by atoms with Gasteiger partial charge in [-0.1, -0.05) is 27.7 Å². The lowest BCUT2D eigenvalue weighted by Gasteiger charge is -2.25. The highest BCUT2D eigenvalue weighted by molar-refractivity contribution is 5.54. The average molecular weight is 201 g/mol. The van der Waals surface area contributed by atoms with E-state index in [1.807, 2.05) is 27.7 Å². The predicted molar refractivity (Wildman–Crippen MR) is 54.6 cm³/mol. The molecule has 0 bridgehead atoms. The molecule has 0 aliphatic rings. The summed E-state index contributed by atoms with van der Waals surface area (Å²) in [5.74, 6) is -0.0271. The first kappa shape index (κ1) is 13.1. The smallest absolute Gasteiger partial charge is 0.207 e.